The summed E-state index contributed by atoms with van der Waals surface area (Å²) in [6.45, 7) is 7.17. The highest BCUT2D eigenvalue weighted by molar-refractivity contribution is 5.64. The molecular weight excluding hydrogens is 212 g/mol. The SMILES string of the molecule is Cc1cccc(C#N)c1N(CCCO)C(C)C. The number of anilines is 1. The summed E-state index contributed by atoms with van der Waals surface area (Å²) < 4.78 is 0. The molecular formula is C14H20N2O. The Bertz CT molecular complexity index is 407. The van der Waals surface area contributed by atoms with E-state index in [1.54, 1.807) is 0 Å². The Morgan fingerprint density at radius 2 is 2.12 bits per heavy atom. The molecule has 0 radical (unpaired) electrons. The standard InChI is InChI=1S/C14H20N2O/c1-11(2)16(8-5-9-17)14-12(3)6-4-7-13(14)10-15/h4,6-7,11,17H,5,8-9H2,1-3H3. The molecule has 1 aromatic carbocycles. The second-order valence-corrected chi connectivity index (χ2v) is 4.45. The summed E-state index contributed by atoms with van der Waals surface area (Å²) in [5, 5.41) is 18.1. The molecule has 3 nitrogen and oxygen atoms in total. The lowest BCUT2D eigenvalue weighted by Crippen LogP contribution is -2.33. The Labute approximate surface area is 103 Å². The first-order chi connectivity index (χ1) is 8.11. The molecule has 0 spiro atoms. The maximum atomic E-state index is 9.17. The van der Waals surface area contributed by atoms with Gasteiger partial charge in [0.05, 0.1) is 11.3 Å². The van der Waals surface area contributed by atoms with E-state index in [9.17, 15) is 5.26 Å². The van der Waals surface area contributed by atoms with Crippen molar-refractivity contribution in [3.63, 3.8) is 0 Å². The van der Waals surface area contributed by atoms with Gasteiger partial charge in [0.2, 0.25) is 0 Å². The summed E-state index contributed by atoms with van der Waals surface area (Å²) in [5.41, 5.74) is 2.81. The lowest BCUT2D eigenvalue weighted by Gasteiger charge is -2.31. The smallest absolute Gasteiger partial charge is 0.101 e. The van der Waals surface area contributed by atoms with Crippen molar-refractivity contribution in [2.75, 3.05) is 18.1 Å². The first-order valence-electron chi connectivity index (χ1n) is 5.99. The number of hydrogen-bond acceptors (Lipinski definition) is 3. The minimum atomic E-state index is 0.178. The zero-order valence-corrected chi connectivity index (χ0v) is 10.8. The van der Waals surface area contributed by atoms with E-state index in [4.69, 9.17) is 5.11 Å². The van der Waals surface area contributed by atoms with Crippen LogP contribution >= 0.6 is 0 Å². The molecule has 1 N–H and O–H groups in total. The number of para-hydroxylation sites is 1. The number of aliphatic hydroxyl groups is 1. The van der Waals surface area contributed by atoms with Crippen LogP contribution in [0.2, 0.25) is 0 Å². The maximum absolute atomic E-state index is 9.17. The van der Waals surface area contributed by atoms with Gasteiger partial charge in [-0.05, 0) is 38.8 Å². The molecule has 0 amide bonds. The van der Waals surface area contributed by atoms with Crippen LogP contribution in [0.15, 0.2) is 18.2 Å². The van der Waals surface area contributed by atoms with Gasteiger partial charge in [0.1, 0.15) is 6.07 Å². The number of rotatable bonds is 5. The fourth-order valence-electron chi connectivity index (χ4n) is 2.00. The van der Waals surface area contributed by atoms with Crippen LogP contribution in [0.5, 0.6) is 0 Å². The molecule has 0 atom stereocenters. The van der Waals surface area contributed by atoms with Gasteiger partial charge in [-0.15, -0.1) is 0 Å². The molecule has 17 heavy (non-hydrogen) atoms. The molecule has 0 aliphatic rings. The predicted molar refractivity (Wildman–Crippen MR) is 70.1 cm³/mol. The zero-order valence-electron chi connectivity index (χ0n) is 10.8. The molecule has 0 heterocycles. The van der Waals surface area contributed by atoms with Crippen molar-refractivity contribution in [2.45, 2.75) is 33.2 Å². The van der Waals surface area contributed by atoms with Crippen molar-refractivity contribution < 1.29 is 5.11 Å². The molecule has 0 saturated heterocycles. The molecule has 0 unspecified atom stereocenters. The molecule has 1 aromatic rings. The van der Waals surface area contributed by atoms with Crippen molar-refractivity contribution in [1.29, 1.82) is 5.26 Å². The molecule has 0 aliphatic carbocycles. The van der Waals surface area contributed by atoms with E-state index in [1.807, 2.05) is 25.1 Å². The summed E-state index contributed by atoms with van der Waals surface area (Å²) in [6, 6.07) is 8.33. The van der Waals surface area contributed by atoms with Crippen LogP contribution in [0.1, 0.15) is 31.4 Å². The van der Waals surface area contributed by atoms with Crippen LogP contribution in [0.25, 0.3) is 0 Å². The Balaban J connectivity index is 3.13. The quantitative estimate of drug-likeness (QED) is 0.848. The highest BCUT2D eigenvalue weighted by Crippen LogP contribution is 2.26. The molecule has 0 bridgehead atoms. The lowest BCUT2D eigenvalue weighted by molar-refractivity contribution is 0.288. The Hall–Kier alpha value is -1.53. The first-order valence-corrected chi connectivity index (χ1v) is 5.99. The monoisotopic (exact) mass is 232 g/mol. The fraction of sp³-hybridized carbons (Fsp3) is 0.500. The lowest BCUT2D eigenvalue weighted by atomic mass is 10.1. The number of nitrogens with zero attached hydrogens (tertiary/aromatic N) is 2. The molecule has 0 aromatic heterocycles. The minimum Gasteiger partial charge on any atom is -0.396 e. The van der Waals surface area contributed by atoms with E-state index in [-0.39, 0.29) is 6.61 Å². The molecule has 0 aliphatic heterocycles. The Morgan fingerprint density at radius 1 is 1.41 bits per heavy atom. The van der Waals surface area contributed by atoms with E-state index >= 15 is 0 Å². The van der Waals surface area contributed by atoms with E-state index in [0.29, 0.717) is 11.6 Å². The van der Waals surface area contributed by atoms with Gasteiger partial charge < -0.3 is 10.0 Å². The maximum Gasteiger partial charge on any atom is 0.101 e. The van der Waals surface area contributed by atoms with Crippen molar-refractivity contribution >= 4 is 5.69 Å². The van der Waals surface area contributed by atoms with Crippen molar-refractivity contribution in [3.05, 3.63) is 29.3 Å². The first kappa shape index (κ1) is 13.5. The number of hydrogen-bond donors (Lipinski definition) is 1. The summed E-state index contributed by atoms with van der Waals surface area (Å²) in [6.07, 6.45) is 0.720. The highest BCUT2D eigenvalue weighted by atomic mass is 16.3. The number of aliphatic hydroxyl groups excluding tert-OH is 1. The van der Waals surface area contributed by atoms with E-state index in [2.05, 4.69) is 24.8 Å². The highest BCUT2D eigenvalue weighted by Gasteiger charge is 2.16. The topological polar surface area (TPSA) is 47.3 Å². The molecule has 0 fully saturated rings. The van der Waals surface area contributed by atoms with E-state index in [1.165, 1.54) is 0 Å². The van der Waals surface area contributed by atoms with Crippen LogP contribution in [0, 0.1) is 18.3 Å². The number of nitriles is 1. The number of benzene rings is 1. The van der Waals surface area contributed by atoms with Crippen LogP contribution in [0.4, 0.5) is 5.69 Å². The normalized spacial score (nSPS) is 10.4. The van der Waals surface area contributed by atoms with Gasteiger partial charge in [-0.3, -0.25) is 0 Å². The van der Waals surface area contributed by atoms with Gasteiger partial charge in [-0.2, -0.15) is 5.26 Å². The second-order valence-electron chi connectivity index (χ2n) is 4.45. The van der Waals surface area contributed by atoms with Crippen molar-refractivity contribution in [1.82, 2.24) is 0 Å². The summed E-state index contributed by atoms with van der Waals surface area (Å²) >= 11 is 0. The summed E-state index contributed by atoms with van der Waals surface area (Å²) in [4.78, 5) is 2.18. The third-order valence-electron chi connectivity index (χ3n) is 2.83. The number of aryl methyl sites for hydroxylation is 1. The summed E-state index contributed by atoms with van der Waals surface area (Å²) in [7, 11) is 0. The molecule has 92 valence electrons. The van der Waals surface area contributed by atoms with Gasteiger partial charge in [-0.1, -0.05) is 12.1 Å². The predicted octanol–water partition coefficient (Wildman–Crippen LogP) is 2.46. The average molecular weight is 232 g/mol. The second kappa shape index (κ2) is 6.27. The van der Waals surface area contributed by atoms with Crippen molar-refractivity contribution in [3.8, 4) is 6.07 Å². The fourth-order valence-corrected chi connectivity index (χ4v) is 2.00. The van der Waals surface area contributed by atoms with Crippen LogP contribution < -0.4 is 4.90 Å². The Morgan fingerprint density at radius 3 is 2.65 bits per heavy atom. The zero-order chi connectivity index (χ0) is 12.8. The van der Waals surface area contributed by atoms with E-state index < -0.39 is 0 Å². The Kier molecular flexibility index (Phi) is 4.99. The van der Waals surface area contributed by atoms with Crippen molar-refractivity contribution in [2.24, 2.45) is 0 Å². The van der Waals surface area contributed by atoms with Gasteiger partial charge >= 0.3 is 0 Å². The van der Waals surface area contributed by atoms with Crippen LogP contribution in [-0.4, -0.2) is 24.3 Å². The molecule has 3 heteroatoms. The summed E-state index contributed by atoms with van der Waals surface area (Å²) in [5.74, 6) is 0. The van der Waals surface area contributed by atoms with Crippen LogP contribution in [-0.2, 0) is 0 Å². The van der Waals surface area contributed by atoms with Gasteiger partial charge in [0.15, 0.2) is 0 Å². The van der Waals surface area contributed by atoms with Gasteiger partial charge in [0.25, 0.3) is 0 Å². The minimum absolute atomic E-state index is 0.178. The molecule has 0 saturated carbocycles. The average Bonchev–Trinajstić information content (AvgIpc) is 2.30. The van der Waals surface area contributed by atoms with E-state index in [0.717, 1.165) is 24.2 Å². The van der Waals surface area contributed by atoms with Gasteiger partial charge in [0, 0.05) is 19.2 Å². The third-order valence-corrected chi connectivity index (χ3v) is 2.83. The van der Waals surface area contributed by atoms with Gasteiger partial charge in [-0.25, -0.2) is 0 Å². The van der Waals surface area contributed by atoms with Crippen LogP contribution in [0.3, 0.4) is 0 Å². The third kappa shape index (κ3) is 3.21. The largest absolute Gasteiger partial charge is 0.396 e. The molecule has 1 rings (SSSR count).